The molecule has 5 rings (SSSR count). The van der Waals surface area contributed by atoms with Crippen molar-refractivity contribution in [2.24, 2.45) is 0 Å². The summed E-state index contributed by atoms with van der Waals surface area (Å²) in [5.41, 5.74) is 1.23. The summed E-state index contributed by atoms with van der Waals surface area (Å²) >= 11 is 0. The SMILES string of the molecule is COc1ccc(OC)c(-c2nnc3ccc(OCCNC(=O)COc4cccc5ccccc45)nn23)c1. The average molecular weight is 500 g/mol. The first kappa shape index (κ1) is 23.9. The minimum absolute atomic E-state index is 0.0926. The minimum atomic E-state index is -0.244. The highest BCUT2D eigenvalue weighted by Crippen LogP contribution is 2.32. The van der Waals surface area contributed by atoms with Crippen LogP contribution in [0.5, 0.6) is 23.1 Å². The van der Waals surface area contributed by atoms with Crippen LogP contribution in [0.2, 0.25) is 0 Å². The molecule has 0 aliphatic heterocycles. The van der Waals surface area contributed by atoms with Gasteiger partial charge in [-0.15, -0.1) is 15.3 Å². The van der Waals surface area contributed by atoms with Gasteiger partial charge in [-0.05, 0) is 35.7 Å². The Bertz CT molecular complexity index is 1550. The lowest BCUT2D eigenvalue weighted by atomic mass is 10.1. The standard InChI is InChI=1S/C27H25N5O5/c1-34-19-10-11-22(35-2)21(16-19)27-30-29-24-12-13-26(31-32(24)27)36-15-14-28-25(33)17-37-23-9-5-7-18-6-3-4-8-20(18)23/h3-13,16H,14-15,17H2,1-2H3,(H,28,33). The molecule has 0 spiro atoms. The Balaban J connectivity index is 1.18. The number of methoxy groups -OCH3 is 2. The van der Waals surface area contributed by atoms with E-state index >= 15 is 0 Å². The zero-order valence-electron chi connectivity index (χ0n) is 20.4. The van der Waals surface area contributed by atoms with Gasteiger partial charge in [0.15, 0.2) is 18.1 Å². The smallest absolute Gasteiger partial charge is 0.258 e. The normalized spacial score (nSPS) is 10.9. The Hall–Kier alpha value is -4.86. The van der Waals surface area contributed by atoms with E-state index in [0.29, 0.717) is 40.2 Å². The summed E-state index contributed by atoms with van der Waals surface area (Å²) in [5.74, 6) is 2.52. The fourth-order valence-corrected chi connectivity index (χ4v) is 3.87. The van der Waals surface area contributed by atoms with Crippen LogP contribution in [0.1, 0.15) is 0 Å². The minimum Gasteiger partial charge on any atom is -0.497 e. The second-order valence-corrected chi connectivity index (χ2v) is 8.00. The number of carbonyl (C=O) groups excluding carboxylic acids is 1. The molecule has 2 heterocycles. The molecule has 3 aromatic carbocycles. The summed E-state index contributed by atoms with van der Waals surface area (Å²) in [6.45, 7) is 0.416. The van der Waals surface area contributed by atoms with Gasteiger partial charge in [0.25, 0.3) is 5.91 Å². The molecule has 1 N–H and O–H groups in total. The van der Waals surface area contributed by atoms with Gasteiger partial charge in [-0.3, -0.25) is 4.79 Å². The van der Waals surface area contributed by atoms with E-state index in [4.69, 9.17) is 18.9 Å². The number of ether oxygens (including phenoxy) is 4. The molecule has 37 heavy (non-hydrogen) atoms. The first-order valence-electron chi connectivity index (χ1n) is 11.6. The van der Waals surface area contributed by atoms with E-state index in [1.54, 1.807) is 49.1 Å². The Labute approximate surface area is 212 Å². The number of hydrogen-bond donors (Lipinski definition) is 1. The van der Waals surface area contributed by atoms with Crippen molar-refractivity contribution < 1.29 is 23.7 Å². The molecule has 0 radical (unpaired) electrons. The fraction of sp³-hybridized carbons (Fsp3) is 0.185. The van der Waals surface area contributed by atoms with Crippen LogP contribution in [0.4, 0.5) is 0 Å². The molecule has 10 heteroatoms. The summed E-state index contributed by atoms with van der Waals surface area (Å²) in [4.78, 5) is 12.3. The van der Waals surface area contributed by atoms with Crippen molar-refractivity contribution in [3.8, 4) is 34.5 Å². The molecule has 2 aromatic heterocycles. The van der Waals surface area contributed by atoms with E-state index in [1.807, 2.05) is 42.5 Å². The highest BCUT2D eigenvalue weighted by Gasteiger charge is 2.16. The zero-order chi connectivity index (χ0) is 25.6. The molecule has 0 unspecified atom stereocenters. The molecule has 0 saturated heterocycles. The Kier molecular flexibility index (Phi) is 6.98. The molecular weight excluding hydrogens is 474 g/mol. The number of carbonyl (C=O) groups is 1. The summed E-state index contributed by atoms with van der Waals surface area (Å²) in [6, 6.07) is 22.5. The summed E-state index contributed by atoms with van der Waals surface area (Å²) in [5, 5.41) is 17.7. The second kappa shape index (κ2) is 10.8. The molecule has 0 aliphatic carbocycles. The molecule has 5 aromatic rings. The van der Waals surface area contributed by atoms with Crippen molar-refractivity contribution in [3.05, 3.63) is 72.8 Å². The number of fused-ring (bicyclic) bond motifs is 2. The van der Waals surface area contributed by atoms with Crippen molar-refractivity contribution >= 4 is 22.3 Å². The van der Waals surface area contributed by atoms with Gasteiger partial charge in [0, 0.05) is 11.5 Å². The van der Waals surface area contributed by atoms with E-state index in [0.717, 1.165) is 10.8 Å². The Morgan fingerprint density at radius 1 is 0.892 bits per heavy atom. The molecule has 0 aliphatic rings. The summed E-state index contributed by atoms with van der Waals surface area (Å²) < 4.78 is 23.9. The topological polar surface area (TPSA) is 109 Å². The van der Waals surface area contributed by atoms with Crippen molar-refractivity contribution in [3.63, 3.8) is 0 Å². The van der Waals surface area contributed by atoms with Gasteiger partial charge in [0.2, 0.25) is 5.88 Å². The Morgan fingerprint density at radius 2 is 1.76 bits per heavy atom. The molecular formula is C27H25N5O5. The second-order valence-electron chi connectivity index (χ2n) is 8.00. The summed E-state index contributed by atoms with van der Waals surface area (Å²) in [7, 11) is 3.17. The maximum absolute atomic E-state index is 12.3. The number of amides is 1. The van der Waals surface area contributed by atoms with Crippen molar-refractivity contribution in [1.29, 1.82) is 0 Å². The van der Waals surface area contributed by atoms with Crippen molar-refractivity contribution in [1.82, 2.24) is 25.1 Å². The van der Waals surface area contributed by atoms with E-state index in [-0.39, 0.29) is 25.7 Å². The van der Waals surface area contributed by atoms with Gasteiger partial charge in [-0.2, -0.15) is 4.52 Å². The molecule has 0 saturated carbocycles. The zero-order valence-corrected chi connectivity index (χ0v) is 20.4. The van der Waals surface area contributed by atoms with Crippen LogP contribution in [0.15, 0.2) is 72.8 Å². The monoisotopic (exact) mass is 499 g/mol. The van der Waals surface area contributed by atoms with Crippen LogP contribution in [0.25, 0.3) is 27.8 Å². The van der Waals surface area contributed by atoms with Gasteiger partial charge >= 0.3 is 0 Å². The third-order valence-corrected chi connectivity index (χ3v) is 5.67. The highest BCUT2D eigenvalue weighted by atomic mass is 16.5. The third-order valence-electron chi connectivity index (χ3n) is 5.67. The van der Waals surface area contributed by atoms with Crippen molar-refractivity contribution in [2.75, 3.05) is 34.0 Å². The lowest BCUT2D eigenvalue weighted by Gasteiger charge is -2.11. The lowest BCUT2D eigenvalue weighted by molar-refractivity contribution is -0.123. The van der Waals surface area contributed by atoms with Crippen LogP contribution in [-0.2, 0) is 4.79 Å². The van der Waals surface area contributed by atoms with Crippen LogP contribution in [0, 0.1) is 0 Å². The van der Waals surface area contributed by atoms with E-state index < -0.39 is 0 Å². The molecule has 0 atom stereocenters. The molecule has 10 nitrogen and oxygen atoms in total. The quantitative estimate of drug-likeness (QED) is 0.291. The molecule has 0 bridgehead atoms. The first-order chi connectivity index (χ1) is 18.2. The summed E-state index contributed by atoms with van der Waals surface area (Å²) in [6.07, 6.45) is 0. The lowest BCUT2D eigenvalue weighted by Crippen LogP contribution is -2.32. The molecule has 188 valence electrons. The van der Waals surface area contributed by atoms with Crippen LogP contribution < -0.4 is 24.3 Å². The maximum atomic E-state index is 12.3. The number of rotatable bonds is 10. The largest absolute Gasteiger partial charge is 0.497 e. The first-order valence-corrected chi connectivity index (χ1v) is 11.6. The van der Waals surface area contributed by atoms with Gasteiger partial charge in [-0.25, -0.2) is 0 Å². The number of hydrogen-bond acceptors (Lipinski definition) is 8. The highest BCUT2D eigenvalue weighted by molar-refractivity contribution is 5.88. The number of aromatic nitrogens is 4. The number of benzene rings is 3. The number of nitrogens with zero attached hydrogens (tertiary/aromatic N) is 4. The molecule has 1 amide bonds. The van der Waals surface area contributed by atoms with Gasteiger partial charge in [-0.1, -0.05) is 36.4 Å². The maximum Gasteiger partial charge on any atom is 0.258 e. The molecule has 0 fully saturated rings. The predicted octanol–water partition coefficient (Wildman–Crippen LogP) is 3.54. The van der Waals surface area contributed by atoms with Crippen LogP contribution in [-0.4, -0.2) is 59.7 Å². The van der Waals surface area contributed by atoms with Crippen molar-refractivity contribution in [2.45, 2.75) is 0 Å². The third kappa shape index (κ3) is 5.22. The van der Waals surface area contributed by atoms with Gasteiger partial charge in [0.1, 0.15) is 23.9 Å². The average Bonchev–Trinajstić information content (AvgIpc) is 3.37. The van der Waals surface area contributed by atoms with Gasteiger partial charge < -0.3 is 24.3 Å². The van der Waals surface area contributed by atoms with Gasteiger partial charge in [0.05, 0.1) is 26.3 Å². The Morgan fingerprint density at radius 3 is 2.62 bits per heavy atom. The number of nitrogens with one attached hydrogen (secondary N) is 1. The predicted molar refractivity (Wildman–Crippen MR) is 137 cm³/mol. The van der Waals surface area contributed by atoms with E-state index in [9.17, 15) is 4.79 Å². The van der Waals surface area contributed by atoms with Crippen LogP contribution >= 0.6 is 0 Å². The van der Waals surface area contributed by atoms with E-state index in [2.05, 4.69) is 20.6 Å². The van der Waals surface area contributed by atoms with Crippen LogP contribution in [0.3, 0.4) is 0 Å². The fourth-order valence-electron chi connectivity index (χ4n) is 3.87. The van der Waals surface area contributed by atoms with E-state index in [1.165, 1.54) is 0 Å².